The second-order valence-corrected chi connectivity index (χ2v) is 21.3. The van der Waals surface area contributed by atoms with Gasteiger partial charge in [0.05, 0.1) is 24.2 Å². The molecular formula is C47H65ClN4O9S2. The van der Waals surface area contributed by atoms with Crippen LogP contribution in [0.25, 0.3) is 0 Å². The Morgan fingerprint density at radius 3 is 2.33 bits per heavy atom. The number of hydrogen-bond acceptors (Lipinski definition) is 12. The highest BCUT2D eigenvalue weighted by Crippen LogP contribution is 2.45. The van der Waals surface area contributed by atoms with Crippen LogP contribution in [0.4, 0.5) is 0 Å². The molecule has 0 saturated carbocycles. The first-order valence-corrected chi connectivity index (χ1v) is 24.8. The third kappa shape index (κ3) is 15.2. The molecule has 2 aromatic rings. The van der Waals surface area contributed by atoms with Gasteiger partial charge in [0.15, 0.2) is 6.10 Å². The molecule has 0 unspecified atom stereocenters. The van der Waals surface area contributed by atoms with Gasteiger partial charge in [0, 0.05) is 69.2 Å². The van der Waals surface area contributed by atoms with Gasteiger partial charge in [-0.2, -0.15) is 0 Å². The van der Waals surface area contributed by atoms with Crippen LogP contribution in [0.1, 0.15) is 90.0 Å². The Kier molecular flexibility index (Phi) is 18.7. The summed E-state index contributed by atoms with van der Waals surface area (Å²) in [5.41, 5.74) is 2.87. The molecule has 0 bridgehead atoms. The number of benzene rings is 2. The molecule has 0 spiro atoms. The number of esters is 2. The van der Waals surface area contributed by atoms with Crippen molar-refractivity contribution in [2.45, 2.75) is 115 Å². The largest absolute Gasteiger partial charge is 0.495 e. The predicted octanol–water partition coefficient (Wildman–Crippen LogP) is 6.95. The first kappa shape index (κ1) is 50.2. The van der Waals surface area contributed by atoms with E-state index in [2.05, 4.69) is 59.9 Å². The van der Waals surface area contributed by atoms with E-state index in [0.717, 1.165) is 44.7 Å². The fourth-order valence-corrected chi connectivity index (χ4v) is 10.3. The Bertz CT molecular complexity index is 1920. The van der Waals surface area contributed by atoms with Gasteiger partial charge in [0.1, 0.15) is 24.0 Å². The van der Waals surface area contributed by atoms with Crippen molar-refractivity contribution in [3.8, 4) is 5.75 Å². The number of carbonyl (C=O) groups is 5. The normalized spacial score (nSPS) is 24.9. The minimum atomic E-state index is -1.16. The zero-order chi connectivity index (χ0) is 45.8. The van der Waals surface area contributed by atoms with Crippen LogP contribution in [0.15, 0.2) is 54.6 Å². The molecule has 3 heterocycles. The molecule has 0 aromatic heterocycles. The number of methoxy groups -OCH3 is 1. The summed E-state index contributed by atoms with van der Waals surface area (Å²) in [6, 6.07) is 12.5. The number of piperazine rings is 1. The number of nitrogens with zero attached hydrogens (tertiary/aromatic N) is 2. The van der Waals surface area contributed by atoms with E-state index in [1.54, 1.807) is 42.0 Å². The molecule has 2 fully saturated rings. The molecule has 16 heteroatoms. The highest BCUT2D eigenvalue weighted by atomic mass is 35.5. The third-order valence-corrected chi connectivity index (χ3v) is 14.7. The van der Waals surface area contributed by atoms with Crippen molar-refractivity contribution < 1.29 is 42.9 Å². The number of epoxide rings is 1. The van der Waals surface area contributed by atoms with Crippen molar-refractivity contribution in [1.82, 2.24) is 20.4 Å². The van der Waals surface area contributed by atoms with Crippen LogP contribution in [-0.4, -0.2) is 115 Å². The number of hydrogen-bond donors (Lipinski definition) is 2. The van der Waals surface area contributed by atoms with E-state index in [0.29, 0.717) is 22.8 Å². The van der Waals surface area contributed by atoms with E-state index >= 15 is 0 Å². The maximum atomic E-state index is 13.8. The molecule has 346 valence electrons. The van der Waals surface area contributed by atoms with E-state index in [1.807, 2.05) is 36.5 Å². The molecule has 0 aliphatic carbocycles. The van der Waals surface area contributed by atoms with Crippen LogP contribution in [0.2, 0.25) is 5.02 Å². The van der Waals surface area contributed by atoms with Crippen LogP contribution >= 0.6 is 33.2 Å². The molecule has 2 saturated heterocycles. The van der Waals surface area contributed by atoms with E-state index in [-0.39, 0.29) is 60.5 Å². The molecule has 13 nitrogen and oxygen atoms in total. The Labute approximate surface area is 385 Å². The highest BCUT2D eigenvalue weighted by molar-refractivity contribution is 8.76. The molecule has 2 aromatic carbocycles. The minimum absolute atomic E-state index is 0.00667. The molecule has 63 heavy (non-hydrogen) atoms. The number of amides is 3. The summed E-state index contributed by atoms with van der Waals surface area (Å²) in [6.45, 7) is 15.6. The van der Waals surface area contributed by atoms with Crippen molar-refractivity contribution in [2.75, 3.05) is 46.1 Å². The lowest BCUT2D eigenvalue weighted by Crippen LogP contribution is -2.49. The molecule has 2 N–H and O–H groups in total. The average molecular weight is 930 g/mol. The summed E-state index contributed by atoms with van der Waals surface area (Å²) in [4.78, 5) is 71.2. The number of rotatable bonds is 15. The Morgan fingerprint density at radius 1 is 0.984 bits per heavy atom. The lowest BCUT2D eigenvalue weighted by molar-refractivity contribution is -0.176. The maximum absolute atomic E-state index is 13.8. The van der Waals surface area contributed by atoms with Gasteiger partial charge >= 0.3 is 11.9 Å². The first-order chi connectivity index (χ1) is 30.0. The number of nitrogens with one attached hydrogen (secondary N) is 2. The average Bonchev–Trinajstić information content (AvgIpc) is 4.05. The monoisotopic (exact) mass is 928 g/mol. The Hall–Kier alpha value is -3.76. The van der Waals surface area contributed by atoms with Gasteiger partial charge in [-0.25, -0.2) is 4.79 Å². The molecule has 3 amide bonds. The van der Waals surface area contributed by atoms with Crippen LogP contribution < -0.4 is 15.4 Å². The zero-order valence-electron chi connectivity index (χ0n) is 37.9. The SMILES string of the molecule is COc1ccc(C[C@H]2NC(=O)C=CC[C@@H]([C@H](C)[C@H]3O[C@@H]3c3ccc(CN4CCN(C(=O)CCC(C)(C)SSC)CC4)cc3)OC(=O)[C@H](CC(C)C)OC(=O)[C@H](C)CNC2=O)cc1Cl. The van der Waals surface area contributed by atoms with Crippen LogP contribution in [0.5, 0.6) is 5.75 Å². The van der Waals surface area contributed by atoms with Crippen molar-refractivity contribution in [1.29, 1.82) is 0 Å². The second-order valence-electron chi connectivity index (χ2n) is 17.8. The molecule has 3 aliphatic heterocycles. The zero-order valence-corrected chi connectivity index (χ0v) is 40.2. The predicted molar refractivity (Wildman–Crippen MR) is 248 cm³/mol. The lowest BCUT2D eigenvalue weighted by atomic mass is 9.93. The van der Waals surface area contributed by atoms with Gasteiger partial charge in [-0.15, -0.1) is 0 Å². The summed E-state index contributed by atoms with van der Waals surface area (Å²) in [5.74, 6) is -2.71. The van der Waals surface area contributed by atoms with Crippen LogP contribution in [-0.2, 0) is 51.1 Å². The summed E-state index contributed by atoms with van der Waals surface area (Å²) in [7, 11) is 5.06. The van der Waals surface area contributed by atoms with E-state index < -0.39 is 47.9 Å². The van der Waals surface area contributed by atoms with Gasteiger partial charge < -0.3 is 34.5 Å². The first-order valence-electron chi connectivity index (χ1n) is 21.9. The molecule has 7 atom stereocenters. The van der Waals surface area contributed by atoms with Crippen molar-refractivity contribution in [3.05, 3.63) is 76.3 Å². The molecular weight excluding hydrogens is 864 g/mol. The molecule has 3 aliphatic rings. The van der Waals surface area contributed by atoms with Gasteiger partial charge in [-0.05, 0) is 73.8 Å². The third-order valence-electron chi connectivity index (χ3n) is 11.7. The van der Waals surface area contributed by atoms with Gasteiger partial charge in [0.25, 0.3) is 0 Å². The smallest absolute Gasteiger partial charge is 0.347 e. The van der Waals surface area contributed by atoms with Crippen LogP contribution in [0, 0.1) is 17.8 Å². The van der Waals surface area contributed by atoms with Gasteiger partial charge in [-0.3, -0.25) is 24.1 Å². The second kappa shape index (κ2) is 23.4. The molecule has 0 radical (unpaired) electrons. The summed E-state index contributed by atoms with van der Waals surface area (Å²) in [6.07, 6.45) is 4.63. The van der Waals surface area contributed by atoms with E-state index in [9.17, 15) is 24.0 Å². The standard InChI is InChI=1S/C47H65ClN4O9S2/c1-29(2)24-39-46(57)59-37(10-9-11-40(53)50-36(44(55)49-27-30(3)45(56)60-39)26-33-14-17-38(58-7)35(48)25-33)31(4)42-43(61-42)34-15-12-32(13-16-34)28-51-20-22-52(23-21-51)41(54)18-19-47(5,6)63-62-8/h9,11-17,25,29-31,36-37,39,42-43H,10,18-24,26-28H2,1-8H3,(H,49,55)(H,50,53)/t30-,31+,36-,37+,39+,42-,43-/m1/s1. The number of halogens is 1. The van der Waals surface area contributed by atoms with E-state index in [4.69, 9.17) is 30.5 Å². The van der Waals surface area contributed by atoms with Crippen LogP contribution in [0.3, 0.4) is 0 Å². The van der Waals surface area contributed by atoms with Gasteiger partial charge in [0.2, 0.25) is 17.7 Å². The summed E-state index contributed by atoms with van der Waals surface area (Å²) >= 11 is 6.36. The van der Waals surface area contributed by atoms with Crippen molar-refractivity contribution >= 4 is 62.8 Å². The maximum Gasteiger partial charge on any atom is 0.347 e. The topological polar surface area (TPSA) is 156 Å². The number of carbonyl (C=O) groups excluding carboxylic acids is 5. The Morgan fingerprint density at radius 2 is 1.68 bits per heavy atom. The highest BCUT2D eigenvalue weighted by Gasteiger charge is 2.48. The number of ether oxygens (including phenoxy) is 4. The minimum Gasteiger partial charge on any atom is -0.495 e. The fraction of sp³-hybridized carbons (Fsp3) is 0.596. The van der Waals surface area contributed by atoms with Gasteiger partial charge in [-0.1, -0.05) is 97.3 Å². The van der Waals surface area contributed by atoms with Crippen molar-refractivity contribution in [3.63, 3.8) is 0 Å². The van der Waals surface area contributed by atoms with Crippen molar-refractivity contribution in [2.24, 2.45) is 17.8 Å². The Balaban J connectivity index is 1.23. The fourth-order valence-electron chi connectivity index (χ4n) is 7.81. The summed E-state index contributed by atoms with van der Waals surface area (Å²) < 4.78 is 23.5. The lowest BCUT2D eigenvalue weighted by Gasteiger charge is -2.35. The quantitative estimate of drug-likeness (QED) is 0.108. The molecule has 5 rings (SSSR count). The number of cyclic esters (lactones) is 2. The summed E-state index contributed by atoms with van der Waals surface area (Å²) in [5, 5.41) is 5.90. The van der Waals surface area contributed by atoms with E-state index in [1.165, 1.54) is 18.7 Å².